The zero-order valence-electron chi connectivity index (χ0n) is 14.5. The Morgan fingerprint density at radius 1 is 1.48 bits per heavy atom. The van der Waals surface area contributed by atoms with Crippen LogP contribution in [0.15, 0.2) is 11.4 Å². The second-order valence-electron chi connectivity index (χ2n) is 5.71. The molecule has 0 aliphatic heterocycles. The average molecular weight is 335 g/mol. The lowest BCUT2D eigenvalue weighted by molar-refractivity contribution is 0.0938. The maximum atomic E-state index is 12.5. The minimum absolute atomic E-state index is 0.0266. The van der Waals surface area contributed by atoms with Gasteiger partial charge in [-0.05, 0) is 33.3 Å². The molecule has 0 saturated carbocycles. The number of nitrogens with one attached hydrogen (secondary N) is 1. The number of aromatic nitrogens is 2. The summed E-state index contributed by atoms with van der Waals surface area (Å²) >= 11 is 1.61. The van der Waals surface area contributed by atoms with Crippen LogP contribution in [0, 0.1) is 13.8 Å². The van der Waals surface area contributed by atoms with Crippen molar-refractivity contribution < 1.29 is 9.53 Å². The minimum atomic E-state index is -0.0266. The smallest absolute Gasteiger partial charge is 0.253 e. The molecule has 0 bridgehead atoms. The molecule has 0 spiro atoms. The lowest BCUT2D eigenvalue weighted by Crippen LogP contribution is -2.32. The molecule has 0 radical (unpaired) electrons. The number of hydrogen-bond acceptors (Lipinski definition) is 4. The average Bonchev–Trinajstić information content (AvgIpc) is 3.08. The summed E-state index contributed by atoms with van der Waals surface area (Å²) in [6.07, 6.45) is 0.910. The van der Waals surface area contributed by atoms with Crippen molar-refractivity contribution in [3.8, 4) is 11.4 Å². The molecule has 0 fully saturated rings. The summed E-state index contributed by atoms with van der Waals surface area (Å²) < 4.78 is 7.32. The zero-order chi connectivity index (χ0) is 17.0. The van der Waals surface area contributed by atoms with Crippen LogP contribution in [0.2, 0.25) is 0 Å². The van der Waals surface area contributed by atoms with Crippen LogP contribution in [0.25, 0.3) is 11.4 Å². The molecule has 6 heteroatoms. The Bertz CT molecular complexity index is 675. The maximum Gasteiger partial charge on any atom is 0.253 e. The van der Waals surface area contributed by atoms with Crippen molar-refractivity contribution in [2.75, 3.05) is 13.7 Å². The van der Waals surface area contributed by atoms with E-state index in [0.717, 1.165) is 28.5 Å². The van der Waals surface area contributed by atoms with Gasteiger partial charge in [0, 0.05) is 30.8 Å². The molecule has 2 heterocycles. The van der Waals surface area contributed by atoms with Gasteiger partial charge in [0.05, 0.1) is 28.6 Å². The molecule has 2 rings (SSSR count). The van der Waals surface area contributed by atoms with Crippen LogP contribution >= 0.6 is 11.3 Å². The summed E-state index contributed by atoms with van der Waals surface area (Å²) in [6.45, 7) is 9.33. The topological polar surface area (TPSA) is 56.2 Å². The number of methoxy groups -OCH3 is 1. The van der Waals surface area contributed by atoms with E-state index in [1.54, 1.807) is 18.4 Å². The van der Waals surface area contributed by atoms with Gasteiger partial charge >= 0.3 is 0 Å². The van der Waals surface area contributed by atoms with E-state index >= 15 is 0 Å². The molecular formula is C17H25N3O2S. The fourth-order valence-electron chi connectivity index (χ4n) is 2.44. The summed E-state index contributed by atoms with van der Waals surface area (Å²) in [6, 6.07) is 2.10. The van der Waals surface area contributed by atoms with Crippen molar-refractivity contribution in [2.45, 2.75) is 46.7 Å². The van der Waals surface area contributed by atoms with Gasteiger partial charge in [0.2, 0.25) is 0 Å². The van der Waals surface area contributed by atoms with Crippen LogP contribution in [0.1, 0.15) is 41.3 Å². The van der Waals surface area contributed by atoms with Crippen LogP contribution in [0.5, 0.6) is 0 Å². The first-order valence-corrected chi connectivity index (χ1v) is 8.78. The standard InChI is InChI=1S/C17H25N3O2S/c1-6-11(2)18-17(21)14-9-16(15-10-23-13(4)19-15)20(12(14)3)7-8-22-5/h9-11H,6-8H2,1-5H3,(H,18,21). The third kappa shape index (κ3) is 4.00. The molecule has 1 amide bonds. The van der Waals surface area contributed by atoms with Crippen molar-refractivity contribution >= 4 is 17.2 Å². The van der Waals surface area contributed by atoms with Crippen LogP contribution < -0.4 is 5.32 Å². The molecule has 0 saturated heterocycles. The van der Waals surface area contributed by atoms with E-state index in [1.165, 1.54) is 0 Å². The number of ether oxygens (including phenoxy) is 1. The third-order valence-electron chi connectivity index (χ3n) is 4.00. The van der Waals surface area contributed by atoms with Gasteiger partial charge < -0.3 is 14.6 Å². The van der Waals surface area contributed by atoms with Crippen molar-refractivity contribution in [2.24, 2.45) is 0 Å². The molecule has 0 aliphatic carbocycles. The Morgan fingerprint density at radius 2 is 2.22 bits per heavy atom. The van der Waals surface area contributed by atoms with Gasteiger partial charge in [-0.3, -0.25) is 4.79 Å². The van der Waals surface area contributed by atoms with Crippen LogP contribution in [0.4, 0.5) is 0 Å². The largest absolute Gasteiger partial charge is 0.383 e. The zero-order valence-corrected chi connectivity index (χ0v) is 15.3. The third-order valence-corrected chi connectivity index (χ3v) is 4.77. The molecule has 1 unspecified atom stereocenters. The van der Waals surface area contributed by atoms with Crippen molar-refractivity contribution in [1.29, 1.82) is 0 Å². The van der Waals surface area contributed by atoms with Crippen LogP contribution in [-0.4, -0.2) is 35.2 Å². The van der Waals surface area contributed by atoms with E-state index in [0.29, 0.717) is 18.7 Å². The number of hydrogen-bond donors (Lipinski definition) is 1. The first-order valence-electron chi connectivity index (χ1n) is 7.90. The van der Waals surface area contributed by atoms with Gasteiger partial charge in [0.15, 0.2) is 0 Å². The second-order valence-corrected chi connectivity index (χ2v) is 6.77. The quantitative estimate of drug-likeness (QED) is 0.843. The molecule has 0 aromatic carbocycles. The van der Waals surface area contributed by atoms with E-state index in [1.807, 2.05) is 32.2 Å². The predicted octanol–water partition coefficient (Wildman–Crippen LogP) is 3.40. The number of rotatable bonds is 7. The highest BCUT2D eigenvalue weighted by molar-refractivity contribution is 7.09. The summed E-state index contributed by atoms with van der Waals surface area (Å²) in [7, 11) is 1.68. The molecule has 126 valence electrons. The summed E-state index contributed by atoms with van der Waals surface area (Å²) in [5.74, 6) is -0.0266. The highest BCUT2D eigenvalue weighted by Crippen LogP contribution is 2.27. The van der Waals surface area contributed by atoms with Gasteiger partial charge in [-0.15, -0.1) is 11.3 Å². The highest BCUT2D eigenvalue weighted by atomic mass is 32.1. The van der Waals surface area contributed by atoms with Gasteiger partial charge in [-0.1, -0.05) is 6.92 Å². The Hall–Kier alpha value is -1.66. The summed E-state index contributed by atoms with van der Waals surface area (Å²) in [5.41, 5.74) is 3.54. The number of nitrogens with zero attached hydrogens (tertiary/aromatic N) is 2. The highest BCUT2D eigenvalue weighted by Gasteiger charge is 2.20. The van der Waals surface area contributed by atoms with Crippen molar-refractivity contribution in [3.05, 3.63) is 27.7 Å². The molecule has 2 aromatic heterocycles. The minimum Gasteiger partial charge on any atom is -0.383 e. The Morgan fingerprint density at radius 3 is 2.78 bits per heavy atom. The number of carbonyl (C=O) groups is 1. The molecule has 1 N–H and O–H groups in total. The van der Waals surface area contributed by atoms with Crippen molar-refractivity contribution in [3.63, 3.8) is 0 Å². The number of amides is 1. The molecule has 0 aliphatic rings. The predicted molar refractivity (Wildman–Crippen MR) is 94.1 cm³/mol. The van der Waals surface area contributed by atoms with E-state index in [2.05, 4.69) is 21.8 Å². The number of carbonyl (C=O) groups excluding carboxylic acids is 1. The Kier molecular flexibility index (Phi) is 5.96. The lowest BCUT2D eigenvalue weighted by atomic mass is 10.2. The normalized spacial score (nSPS) is 12.4. The van der Waals surface area contributed by atoms with E-state index in [4.69, 9.17) is 4.74 Å². The Labute approximate surface area is 141 Å². The SMILES string of the molecule is CCC(C)NC(=O)c1cc(-c2csc(C)n2)n(CCOC)c1C. The lowest BCUT2D eigenvalue weighted by Gasteiger charge is -2.12. The first-order chi connectivity index (χ1) is 11.0. The number of thiazole rings is 1. The van der Waals surface area contributed by atoms with Gasteiger partial charge in [0.1, 0.15) is 0 Å². The molecule has 1 atom stereocenters. The molecule has 23 heavy (non-hydrogen) atoms. The van der Waals surface area contributed by atoms with Gasteiger partial charge in [-0.2, -0.15) is 0 Å². The van der Waals surface area contributed by atoms with Gasteiger partial charge in [0.25, 0.3) is 5.91 Å². The fourth-order valence-corrected chi connectivity index (χ4v) is 3.05. The second kappa shape index (κ2) is 7.75. The molecule has 2 aromatic rings. The summed E-state index contributed by atoms with van der Waals surface area (Å²) in [5, 5.41) is 6.09. The maximum absolute atomic E-state index is 12.5. The first kappa shape index (κ1) is 17.7. The Balaban J connectivity index is 2.40. The molecular weight excluding hydrogens is 310 g/mol. The fraction of sp³-hybridized carbons (Fsp3) is 0.529. The van der Waals surface area contributed by atoms with E-state index in [-0.39, 0.29) is 11.9 Å². The van der Waals surface area contributed by atoms with Gasteiger partial charge in [-0.25, -0.2) is 4.98 Å². The van der Waals surface area contributed by atoms with Crippen LogP contribution in [-0.2, 0) is 11.3 Å². The van der Waals surface area contributed by atoms with E-state index < -0.39 is 0 Å². The monoisotopic (exact) mass is 335 g/mol. The van der Waals surface area contributed by atoms with E-state index in [9.17, 15) is 4.79 Å². The summed E-state index contributed by atoms with van der Waals surface area (Å²) in [4.78, 5) is 17.1. The van der Waals surface area contributed by atoms with Crippen LogP contribution in [0.3, 0.4) is 0 Å². The molecule has 5 nitrogen and oxygen atoms in total. The number of aryl methyl sites for hydroxylation is 1. The van der Waals surface area contributed by atoms with Crippen molar-refractivity contribution in [1.82, 2.24) is 14.9 Å².